The lowest BCUT2D eigenvalue weighted by molar-refractivity contribution is 0.559. The molecule has 0 aromatic rings. The van der Waals surface area contributed by atoms with Crippen LogP contribution in [0, 0.1) is 0 Å². The van der Waals surface area contributed by atoms with Crippen LogP contribution in [0.4, 0.5) is 0 Å². The summed E-state index contributed by atoms with van der Waals surface area (Å²) in [7, 11) is 0. The average molecular weight is 178 g/mol. The van der Waals surface area contributed by atoms with Crippen molar-refractivity contribution < 1.29 is 0 Å². The molecule has 11 heavy (non-hydrogen) atoms. The summed E-state index contributed by atoms with van der Waals surface area (Å²) in [5, 5.41) is 3.40. The van der Waals surface area contributed by atoms with Crippen molar-refractivity contribution in [1.29, 1.82) is 0 Å². The summed E-state index contributed by atoms with van der Waals surface area (Å²) in [6, 6.07) is 0.520. The Kier molecular flexibility index (Phi) is 12.3. The van der Waals surface area contributed by atoms with E-state index in [1.54, 1.807) is 0 Å². The van der Waals surface area contributed by atoms with Crippen LogP contribution in [-0.4, -0.2) is 12.6 Å². The van der Waals surface area contributed by atoms with E-state index < -0.39 is 0 Å². The van der Waals surface area contributed by atoms with Crippen LogP contribution in [0.5, 0.6) is 0 Å². The van der Waals surface area contributed by atoms with Crippen molar-refractivity contribution in [2.75, 3.05) is 6.54 Å². The Labute approximate surface area is 76.7 Å². The molecule has 0 heterocycles. The van der Waals surface area contributed by atoms with Crippen LogP contribution in [0.25, 0.3) is 0 Å². The molecule has 0 aromatic carbocycles. The van der Waals surface area contributed by atoms with Crippen molar-refractivity contribution >= 4 is 12.4 Å². The fourth-order valence-corrected chi connectivity index (χ4v) is 0.859. The molecule has 0 saturated carbocycles. The maximum Gasteiger partial charge on any atom is 0.0244 e. The topological polar surface area (TPSA) is 12.0 Å². The highest BCUT2D eigenvalue weighted by Gasteiger charge is 1.96. The molecule has 0 amide bonds. The predicted molar refractivity (Wildman–Crippen MR) is 54.4 cm³/mol. The van der Waals surface area contributed by atoms with Crippen molar-refractivity contribution in [3.63, 3.8) is 0 Å². The Morgan fingerprint density at radius 3 is 2.45 bits per heavy atom. The number of unbranched alkanes of at least 4 members (excludes halogenated alkanes) is 1. The normalized spacial score (nSPS) is 11.8. The van der Waals surface area contributed by atoms with Gasteiger partial charge in [0.25, 0.3) is 0 Å². The van der Waals surface area contributed by atoms with Crippen LogP contribution in [-0.2, 0) is 0 Å². The first-order chi connectivity index (χ1) is 4.85. The van der Waals surface area contributed by atoms with E-state index in [1.807, 2.05) is 6.08 Å². The van der Waals surface area contributed by atoms with E-state index in [9.17, 15) is 0 Å². The molecule has 2 heteroatoms. The molecule has 0 saturated heterocycles. The lowest BCUT2D eigenvalue weighted by Crippen LogP contribution is -2.26. The summed E-state index contributed by atoms with van der Waals surface area (Å²) in [4.78, 5) is 0. The number of hydrogen-bond acceptors (Lipinski definition) is 1. The molecule has 0 aliphatic rings. The van der Waals surface area contributed by atoms with Crippen LogP contribution in [0.15, 0.2) is 12.7 Å². The lowest BCUT2D eigenvalue weighted by Gasteiger charge is -2.10. The highest BCUT2D eigenvalue weighted by Crippen LogP contribution is 1.92. The minimum atomic E-state index is 0. The molecule has 0 spiro atoms. The van der Waals surface area contributed by atoms with Gasteiger partial charge in [0.1, 0.15) is 0 Å². The molecule has 1 N–H and O–H groups in total. The third-order valence-electron chi connectivity index (χ3n) is 1.66. The fraction of sp³-hybridized carbons (Fsp3) is 0.778. The summed E-state index contributed by atoms with van der Waals surface area (Å²) in [5.41, 5.74) is 0. The Hall–Kier alpha value is -0.0100. The van der Waals surface area contributed by atoms with Crippen molar-refractivity contribution in [2.24, 2.45) is 0 Å². The van der Waals surface area contributed by atoms with Gasteiger partial charge in [0.05, 0.1) is 0 Å². The smallest absolute Gasteiger partial charge is 0.0244 e. The predicted octanol–water partition coefficient (Wildman–Crippen LogP) is 2.76. The Morgan fingerprint density at radius 2 is 2.09 bits per heavy atom. The first-order valence-electron chi connectivity index (χ1n) is 4.21. The molecular weight excluding hydrogens is 158 g/mol. The lowest BCUT2D eigenvalue weighted by atomic mass is 10.2. The van der Waals surface area contributed by atoms with Crippen LogP contribution < -0.4 is 5.32 Å². The molecule has 1 atom stereocenters. The van der Waals surface area contributed by atoms with Gasteiger partial charge in [0.2, 0.25) is 0 Å². The average Bonchev–Trinajstić information content (AvgIpc) is 1.99. The molecule has 1 unspecified atom stereocenters. The standard InChI is InChI=1S/C9H19N.ClH/c1-4-7-8-10-9(5-2)6-3;/h5,9-10H,2,4,6-8H2,1,3H3;1H. The van der Waals surface area contributed by atoms with Gasteiger partial charge in [-0.2, -0.15) is 0 Å². The maximum absolute atomic E-state index is 3.75. The zero-order chi connectivity index (χ0) is 7.82. The molecule has 0 radical (unpaired) electrons. The molecular formula is C9H20ClN. The van der Waals surface area contributed by atoms with Gasteiger partial charge in [-0.05, 0) is 19.4 Å². The Bertz CT molecular complexity index is 83.6. The molecule has 68 valence electrons. The van der Waals surface area contributed by atoms with Crippen LogP contribution in [0.3, 0.4) is 0 Å². The summed E-state index contributed by atoms with van der Waals surface area (Å²) >= 11 is 0. The van der Waals surface area contributed by atoms with Crippen LogP contribution >= 0.6 is 12.4 Å². The molecule has 0 fully saturated rings. The van der Waals surface area contributed by atoms with Gasteiger partial charge in [-0.15, -0.1) is 19.0 Å². The first kappa shape index (κ1) is 13.6. The highest BCUT2D eigenvalue weighted by molar-refractivity contribution is 5.85. The summed E-state index contributed by atoms with van der Waals surface area (Å²) in [6.45, 7) is 9.25. The maximum atomic E-state index is 3.75. The van der Waals surface area contributed by atoms with Crippen molar-refractivity contribution in [3.8, 4) is 0 Å². The van der Waals surface area contributed by atoms with Crippen molar-refractivity contribution in [1.82, 2.24) is 5.32 Å². The number of rotatable bonds is 6. The Balaban J connectivity index is 0. The van der Waals surface area contributed by atoms with Gasteiger partial charge in [-0.1, -0.05) is 26.3 Å². The van der Waals surface area contributed by atoms with E-state index in [2.05, 4.69) is 25.7 Å². The molecule has 0 aromatic heterocycles. The monoisotopic (exact) mass is 177 g/mol. The van der Waals surface area contributed by atoms with E-state index in [0.717, 1.165) is 13.0 Å². The molecule has 1 nitrogen and oxygen atoms in total. The second-order valence-corrected chi connectivity index (χ2v) is 2.56. The van der Waals surface area contributed by atoms with E-state index in [-0.39, 0.29) is 12.4 Å². The zero-order valence-corrected chi connectivity index (χ0v) is 8.41. The largest absolute Gasteiger partial charge is 0.311 e. The number of nitrogens with one attached hydrogen (secondary N) is 1. The first-order valence-corrected chi connectivity index (χ1v) is 4.21. The molecule has 0 bridgehead atoms. The summed E-state index contributed by atoms with van der Waals surface area (Å²) in [5.74, 6) is 0. The van der Waals surface area contributed by atoms with Gasteiger partial charge in [0, 0.05) is 6.04 Å². The second-order valence-electron chi connectivity index (χ2n) is 2.56. The zero-order valence-electron chi connectivity index (χ0n) is 7.60. The third kappa shape index (κ3) is 7.89. The number of hydrogen-bond donors (Lipinski definition) is 1. The Morgan fingerprint density at radius 1 is 1.45 bits per heavy atom. The van der Waals surface area contributed by atoms with Crippen molar-refractivity contribution in [3.05, 3.63) is 12.7 Å². The van der Waals surface area contributed by atoms with Gasteiger partial charge >= 0.3 is 0 Å². The second kappa shape index (κ2) is 9.99. The third-order valence-corrected chi connectivity index (χ3v) is 1.66. The minimum Gasteiger partial charge on any atom is -0.311 e. The summed E-state index contributed by atoms with van der Waals surface area (Å²) in [6.07, 6.45) is 5.66. The number of halogens is 1. The van der Waals surface area contributed by atoms with Gasteiger partial charge in [-0.25, -0.2) is 0 Å². The molecule has 0 rings (SSSR count). The van der Waals surface area contributed by atoms with E-state index in [1.165, 1.54) is 12.8 Å². The minimum absolute atomic E-state index is 0. The quantitative estimate of drug-likeness (QED) is 0.486. The van der Waals surface area contributed by atoms with Crippen LogP contribution in [0.1, 0.15) is 33.1 Å². The highest BCUT2D eigenvalue weighted by atomic mass is 35.5. The molecule has 0 aliphatic carbocycles. The molecule has 0 aliphatic heterocycles. The van der Waals surface area contributed by atoms with E-state index >= 15 is 0 Å². The van der Waals surface area contributed by atoms with E-state index in [4.69, 9.17) is 0 Å². The van der Waals surface area contributed by atoms with Crippen LogP contribution in [0.2, 0.25) is 0 Å². The fourth-order valence-electron chi connectivity index (χ4n) is 0.859. The summed E-state index contributed by atoms with van der Waals surface area (Å²) < 4.78 is 0. The SMILES string of the molecule is C=CC(CC)NCCCC.Cl. The van der Waals surface area contributed by atoms with Gasteiger partial charge < -0.3 is 5.32 Å². The van der Waals surface area contributed by atoms with E-state index in [0.29, 0.717) is 6.04 Å². The van der Waals surface area contributed by atoms with Gasteiger partial charge in [-0.3, -0.25) is 0 Å². The van der Waals surface area contributed by atoms with Gasteiger partial charge in [0.15, 0.2) is 0 Å². The van der Waals surface area contributed by atoms with Crippen molar-refractivity contribution in [2.45, 2.75) is 39.2 Å².